The highest BCUT2D eigenvalue weighted by molar-refractivity contribution is 7.90. The van der Waals surface area contributed by atoms with Crippen LogP contribution in [-0.4, -0.2) is 55.0 Å². The molecule has 160 valence electrons. The van der Waals surface area contributed by atoms with Gasteiger partial charge in [0.05, 0.1) is 11.4 Å². The molecule has 0 atom stereocenters. The number of aromatic nitrogens is 3. The summed E-state index contributed by atoms with van der Waals surface area (Å²) in [5, 5.41) is 4.29. The van der Waals surface area contributed by atoms with E-state index in [0.29, 0.717) is 17.7 Å². The van der Waals surface area contributed by atoms with Gasteiger partial charge in [-0.1, -0.05) is 12.1 Å². The molecule has 1 aromatic carbocycles. The fourth-order valence-corrected chi connectivity index (χ4v) is 3.69. The highest BCUT2D eigenvalue weighted by Crippen LogP contribution is 2.42. The second-order valence-corrected chi connectivity index (χ2v) is 9.14. The lowest BCUT2D eigenvalue weighted by atomic mass is 9.99. The van der Waals surface area contributed by atoms with Crippen molar-refractivity contribution < 1.29 is 21.6 Å². The van der Waals surface area contributed by atoms with Crippen molar-refractivity contribution in [3.63, 3.8) is 0 Å². The van der Waals surface area contributed by atoms with E-state index in [0.717, 1.165) is 10.9 Å². The van der Waals surface area contributed by atoms with Crippen molar-refractivity contribution in [1.29, 1.82) is 0 Å². The van der Waals surface area contributed by atoms with Gasteiger partial charge in [-0.25, -0.2) is 8.42 Å². The number of hydrogen-bond acceptors (Lipinski definition) is 5. The quantitative estimate of drug-likeness (QED) is 0.588. The van der Waals surface area contributed by atoms with Crippen LogP contribution in [0.5, 0.6) is 0 Å². The van der Waals surface area contributed by atoms with E-state index < -0.39 is 21.7 Å². The SMILES string of the molecule is CN(C)CCn1nc(-c2ccc(S(C)(=O)=O)cc2)c(-c2ccncc2)c1C(F)(F)F. The van der Waals surface area contributed by atoms with Crippen LogP contribution in [0.3, 0.4) is 0 Å². The van der Waals surface area contributed by atoms with E-state index >= 15 is 0 Å². The fourth-order valence-electron chi connectivity index (χ4n) is 3.06. The number of pyridine rings is 1. The average molecular weight is 438 g/mol. The summed E-state index contributed by atoms with van der Waals surface area (Å²) < 4.78 is 66.7. The zero-order chi connectivity index (χ0) is 22.1. The van der Waals surface area contributed by atoms with Crippen LogP contribution in [0, 0.1) is 0 Å². The first-order valence-corrected chi connectivity index (χ1v) is 10.9. The Morgan fingerprint density at radius 3 is 2.10 bits per heavy atom. The molecule has 6 nitrogen and oxygen atoms in total. The van der Waals surface area contributed by atoms with Crippen LogP contribution in [0.25, 0.3) is 22.4 Å². The normalized spacial score (nSPS) is 12.5. The van der Waals surface area contributed by atoms with Crippen molar-refractivity contribution in [2.24, 2.45) is 0 Å². The Hall–Kier alpha value is -2.72. The van der Waals surface area contributed by atoms with Gasteiger partial charge in [-0.05, 0) is 43.9 Å². The number of nitrogens with zero attached hydrogens (tertiary/aromatic N) is 4. The van der Waals surface area contributed by atoms with Gasteiger partial charge in [-0.2, -0.15) is 18.3 Å². The van der Waals surface area contributed by atoms with Gasteiger partial charge >= 0.3 is 6.18 Å². The number of alkyl halides is 3. The Kier molecular flexibility index (Phi) is 6.00. The minimum Gasteiger partial charge on any atom is -0.308 e. The Morgan fingerprint density at radius 2 is 1.60 bits per heavy atom. The summed E-state index contributed by atoms with van der Waals surface area (Å²) in [5.74, 6) is 0. The molecule has 0 aliphatic rings. The molecule has 0 fully saturated rings. The molecule has 0 aliphatic heterocycles. The molecule has 2 heterocycles. The lowest BCUT2D eigenvalue weighted by Crippen LogP contribution is -2.23. The first-order chi connectivity index (χ1) is 14.0. The van der Waals surface area contributed by atoms with Crippen molar-refractivity contribution in [1.82, 2.24) is 19.7 Å². The molecular formula is C20H21F3N4O2S. The minimum atomic E-state index is -4.64. The lowest BCUT2D eigenvalue weighted by Gasteiger charge is -2.15. The molecule has 0 unspecified atom stereocenters. The third-order valence-corrected chi connectivity index (χ3v) is 5.63. The molecule has 3 rings (SSSR count). The number of likely N-dealkylation sites (N-methyl/N-ethyl adjacent to an activating group) is 1. The molecule has 0 radical (unpaired) electrons. The molecule has 3 aromatic rings. The largest absolute Gasteiger partial charge is 0.433 e. The van der Waals surface area contributed by atoms with E-state index in [9.17, 15) is 21.6 Å². The first kappa shape index (κ1) is 22.0. The van der Waals surface area contributed by atoms with Crippen LogP contribution in [0.1, 0.15) is 5.69 Å². The third-order valence-electron chi connectivity index (χ3n) is 4.50. The van der Waals surface area contributed by atoms with Crippen molar-refractivity contribution in [2.45, 2.75) is 17.6 Å². The van der Waals surface area contributed by atoms with Crippen molar-refractivity contribution in [3.8, 4) is 22.4 Å². The van der Waals surface area contributed by atoms with Crippen molar-refractivity contribution in [2.75, 3.05) is 26.9 Å². The third kappa shape index (κ3) is 4.71. The predicted octanol–water partition coefficient (Wildman–Crippen LogP) is 3.60. The maximum absolute atomic E-state index is 14.1. The van der Waals surface area contributed by atoms with Crippen LogP contribution in [0.15, 0.2) is 53.7 Å². The Balaban J connectivity index is 2.26. The topological polar surface area (TPSA) is 68.1 Å². The van der Waals surface area contributed by atoms with Crippen LogP contribution in [0.4, 0.5) is 13.2 Å². The summed E-state index contributed by atoms with van der Waals surface area (Å²) in [6, 6.07) is 8.67. The van der Waals surface area contributed by atoms with Gasteiger partial charge in [0, 0.05) is 36.3 Å². The number of benzene rings is 1. The lowest BCUT2D eigenvalue weighted by molar-refractivity contribution is -0.143. The van der Waals surface area contributed by atoms with E-state index in [1.807, 2.05) is 0 Å². The summed E-state index contributed by atoms with van der Waals surface area (Å²) in [6.45, 7) is 0.411. The Bertz CT molecular complexity index is 1120. The number of sulfone groups is 1. The predicted molar refractivity (Wildman–Crippen MR) is 108 cm³/mol. The average Bonchev–Trinajstić information content (AvgIpc) is 3.06. The molecule has 0 N–H and O–H groups in total. The van der Waals surface area contributed by atoms with Crippen LogP contribution >= 0.6 is 0 Å². The molecule has 2 aromatic heterocycles. The number of hydrogen-bond donors (Lipinski definition) is 0. The maximum atomic E-state index is 14.1. The van der Waals surface area contributed by atoms with E-state index in [4.69, 9.17) is 0 Å². The molecule has 0 saturated carbocycles. The zero-order valence-corrected chi connectivity index (χ0v) is 17.5. The number of halogens is 3. The molecule has 0 saturated heterocycles. The van der Waals surface area contributed by atoms with Gasteiger partial charge in [-0.3, -0.25) is 9.67 Å². The fraction of sp³-hybridized carbons (Fsp3) is 0.300. The van der Waals surface area contributed by atoms with Gasteiger partial charge in [0.2, 0.25) is 0 Å². The van der Waals surface area contributed by atoms with E-state index in [-0.39, 0.29) is 22.7 Å². The molecule has 30 heavy (non-hydrogen) atoms. The molecule has 0 bridgehead atoms. The van der Waals surface area contributed by atoms with Gasteiger partial charge in [-0.15, -0.1) is 0 Å². The Morgan fingerprint density at radius 1 is 1.00 bits per heavy atom. The molecular weight excluding hydrogens is 417 g/mol. The summed E-state index contributed by atoms with van der Waals surface area (Å²) in [7, 11) is 0.111. The highest BCUT2D eigenvalue weighted by atomic mass is 32.2. The monoisotopic (exact) mass is 438 g/mol. The van der Waals surface area contributed by atoms with Gasteiger partial charge in [0.15, 0.2) is 15.5 Å². The second kappa shape index (κ2) is 8.19. The Labute approximate surface area is 172 Å². The van der Waals surface area contributed by atoms with Crippen molar-refractivity contribution in [3.05, 3.63) is 54.5 Å². The van der Waals surface area contributed by atoms with E-state index in [1.165, 1.54) is 48.8 Å². The molecule has 0 aliphatic carbocycles. The maximum Gasteiger partial charge on any atom is 0.433 e. The summed E-state index contributed by atoms with van der Waals surface area (Å²) >= 11 is 0. The van der Waals surface area contributed by atoms with Crippen LogP contribution in [-0.2, 0) is 22.6 Å². The van der Waals surface area contributed by atoms with Crippen LogP contribution in [0.2, 0.25) is 0 Å². The molecule has 0 amide bonds. The van der Waals surface area contributed by atoms with Crippen LogP contribution < -0.4 is 0 Å². The molecule has 10 heteroatoms. The zero-order valence-electron chi connectivity index (χ0n) is 16.7. The summed E-state index contributed by atoms with van der Waals surface area (Å²) in [4.78, 5) is 5.74. The van der Waals surface area contributed by atoms with E-state index in [2.05, 4.69) is 10.1 Å². The van der Waals surface area contributed by atoms with Gasteiger partial charge < -0.3 is 4.90 Å². The first-order valence-electron chi connectivity index (χ1n) is 9.02. The van der Waals surface area contributed by atoms with Gasteiger partial charge in [0.25, 0.3) is 0 Å². The summed E-state index contributed by atoms with van der Waals surface area (Å²) in [5.41, 5.74) is -0.0558. The number of rotatable bonds is 6. The summed E-state index contributed by atoms with van der Waals surface area (Å²) in [6.07, 6.45) is -0.725. The second-order valence-electron chi connectivity index (χ2n) is 7.13. The smallest absolute Gasteiger partial charge is 0.308 e. The standard InChI is InChI=1S/C20H21F3N4O2S/c1-26(2)12-13-27-19(20(21,22)23)17(14-8-10-24-11-9-14)18(25-27)15-4-6-16(7-5-15)30(3,28)29/h4-11H,12-13H2,1-3H3. The van der Waals surface area contributed by atoms with Gasteiger partial charge in [0.1, 0.15) is 5.69 Å². The minimum absolute atomic E-state index is 0.0430. The highest BCUT2D eigenvalue weighted by Gasteiger charge is 2.40. The molecule has 0 spiro atoms. The van der Waals surface area contributed by atoms with Crippen molar-refractivity contribution >= 4 is 9.84 Å². The van der Waals surface area contributed by atoms with E-state index in [1.54, 1.807) is 19.0 Å².